The molecule has 0 aromatic heterocycles. The fraction of sp³-hybridized carbons (Fsp3) is 0.977. The fourth-order valence-electron chi connectivity index (χ4n) is 7.05. The van der Waals surface area contributed by atoms with E-state index in [0.717, 1.165) is 32.1 Å². The normalized spacial score (nSPS) is 13.5. The second-order valence-corrected chi connectivity index (χ2v) is 15.3. The van der Waals surface area contributed by atoms with E-state index in [9.17, 15) is 20.1 Å². The number of aliphatic hydroxyl groups excluding tert-OH is 3. The van der Waals surface area contributed by atoms with Gasteiger partial charge >= 0.3 is 0 Å². The van der Waals surface area contributed by atoms with Crippen molar-refractivity contribution >= 4 is 5.91 Å². The van der Waals surface area contributed by atoms with Crippen LogP contribution in [-0.4, -0.2) is 46.1 Å². The fourth-order valence-corrected chi connectivity index (χ4v) is 7.05. The van der Waals surface area contributed by atoms with Crippen molar-refractivity contribution in [2.75, 3.05) is 6.61 Å². The van der Waals surface area contributed by atoms with Crippen molar-refractivity contribution < 1.29 is 20.1 Å². The minimum Gasteiger partial charge on any atom is -0.394 e. The molecule has 0 unspecified atom stereocenters. The first-order chi connectivity index (χ1) is 23.6. The maximum Gasteiger partial charge on any atom is 0.220 e. The van der Waals surface area contributed by atoms with Crippen LogP contribution in [0.2, 0.25) is 0 Å². The van der Waals surface area contributed by atoms with E-state index in [0.29, 0.717) is 12.8 Å². The van der Waals surface area contributed by atoms with Crippen LogP contribution >= 0.6 is 0 Å². The molecule has 288 valence electrons. The highest BCUT2D eigenvalue weighted by molar-refractivity contribution is 5.76. The smallest absolute Gasteiger partial charge is 0.220 e. The van der Waals surface area contributed by atoms with Crippen molar-refractivity contribution in [3.05, 3.63) is 0 Å². The zero-order valence-electron chi connectivity index (χ0n) is 32.6. The molecule has 0 saturated heterocycles. The van der Waals surface area contributed by atoms with Gasteiger partial charge in [0.2, 0.25) is 5.91 Å². The molecule has 0 aromatic rings. The topological polar surface area (TPSA) is 89.8 Å². The summed E-state index contributed by atoms with van der Waals surface area (Å²) in [5.41, 5.74) is 0. The molecule has 0 heterocycles. The van der Waals surface area contributed by atoms with E-state index in [4.69, 9.17) is 0 Å². The standard InChI is InChI=1S/C43H87NO4/c1-3-5-7-9-11-13-15-17-18-19-20-21-22-23-24-26-27-29-31-33-35-37-41(46)43(48)40(39-45)44-42(47)38-36-34-32-30-28-25-16-14-12-10-8-6-4-2/h40-41,43,45-46,48H,3-39H2,1-2H3,(H,44,47)/t40-,41+,43-/m0/s1. The second-order valence-electron chi connectivity index (χ2n) is 15.3. The molecular weight excluding hydrogens is 594 g/mol. The zero-order valence-corrected chi connectivity index (χ0v) is 32.6. The van der Waals surface area contributed by atoms with E-state index in [1.807, 2.05) is 0 Å². The van der Waals surface area contributed by atoms with Gasteiger partial charge in [-0.3, -0.25) is 4.79 Å². The van der Waals surface area contributed by atoms with Gasteiger partial charge in [0, 0.05) is 6.42 Å². The van der Waals surface area contributed by atoms with Crippen LogP contribution in [0.25, 0.3) is 0 Å². The quantitative estimate of drug-likeness (QED) is 0.0485. The molecule has 5 nitrogen and oxygen atoms in total. The molecule has 0 rings (SSSR count). The molecule has 0 aliphatic carbocycles. The zero-order chi connectivity index (χ0) is 35.2. The average Bonchev–Trinajstić information content (AvgIpc) is 3.09. The number of carbonyl (C=O) groups excluding carboxylic acids is 1. The molecule has 0 aliphatic heterocycles. The van der Waals surface area contributed by atoms with Crippen molar-refractivity contribution in [1.29, 1.82) is 0 Å². The Balaban J connectivity index is 3.57. The van der Waals surface area contributed by atoms with Gasteiger partial charge in [-0.05, 0) is 12.8 Å². The Hall–Kier alpha value is -0.650. The van der Waals surface area contributed by atoms with Gasteiger partial charge in [-0.25, -0.2) is 0 Å². The van der Waals surface area contributed by atoms with Gasteiger partial charge in [0.25, 0.3) is 0 Å². The van der Waals surface area contributed by atoms with Gasteiger partial charge in [-0.2, -0.15) is 0 Å². The van der Waals surface area contributed by atoms with Gasteiger partial charge in [-0.15, -0.1) is 0 Å². The summed E-state index contributed by atoms with van der Waals surface area (Å²) < 4.78 is 0. The van der Waals surface area contributed by atoms with Crippen LogP contribution in [0.4, 0.5) is 0 Å². The van der Waals surface area contributed by atoms with Crippen LogP contribution in [0, 0.1) is 0 Å². The van der Waals surface area contributed by atoms with Crippen LogP contribution in [0.15, 0.2) is 0 Å². The highest BCUT2D eigenvalue weighted by Gasteiger charge is 2.26. The van der Waals surface area contributed by atoms with Gasteiger partial charge in [0.05, 0.1) is 18.8 Å². The molecule has 0 fully saturated rings. The number of hydrogen-bond donors (Lipinski definition) is 4. The summed E-state index contributed by atoms with van der Waals surface area (Å²) in [6.07, 6.45) is 43.5. The maximum atomic E-state index is 12.4. The molecule has 1 amide bonds. The number of unbranched alkanes of at least 4 members (excludes halogenated alkanes) is 32. The first kappa shape index (κ1) is 47.4. The molecular formula is C43H87NO4. The SMILES string of the molecule is CCCCCCCCCCCCCCCCCCCCCCC[C@@H](O)[C@@H](O)[C@H](CO)NC(=O)CCCCCCCCCCCCCCC. The van der Waals surface area contributed by atoms with E-state index in [1.165, 1.54) is 186 Å². The molecule has 5 heteroatoms. The summed E-state index contributed by atoms with van der Waals surface area (Å²) >= 11 is 0. The lowest BCUT2D eigenvalue weighted by Crippen LogP contribution is -2.50. The minimum atomic E-state index is -1.13. The van der Waals surface area contributed by atoms with Gasteiger partial charge in [0.1, 0.15) is 6.10 Å². The van der Waals surface area contributed by atoms with Gasteiger partial charge in [-0.1, -0.05) is 226 Å². The van der Waals surface area contributed by atoms with E-state index in [-0.39, 0.29) is 12.5 Å². The first-order valence-electron chi connectivity index (χ1n) is 21.8. The van der Waals surface area contributed by atoms with E-state index >= 15 is 0 Å². The Kier molecular flexibility index (Phi) is 38.6. The predicted molar refractivity (Wildman–Crippen MR) is 209 cm³/mol. The summed E-state index contributed by atoms with van der Waals surface area (Å²) in [7, 11) is 0. The van der Waals surface area contributed by atoms with Crippen molar-refractivity contribution in [3.8, 4) is 0 Å². The first-order valence-corrected chi connectivity index (χ1v) is 21.8. The summed E-state index contributed by atoms with van der Waals surface area (Å²) in [5.74, 6) is -0.141. The maximum absolute atomic E-state index is 12.4. The van der Waals surface area contributed by atoms with Crippen molar-refractivity contribution in [3.63, 3.8) is 0 Å². The lowest BCUT2D eigenvalue weighted by molar-refractivity contribution is -0.124. The van der Waals surface area contributed by atoms with Crippen LogP contribution < -0.4 is 5.32 Å². The van der Waals surface area contributed by atoms with E-state index in [2.05, 4.69) is 19.2 Å². The Morgan fingerprint density at radius 1 is 0.438 bits per heavy atom. The van der Waals surface area contributed by atoms with E-state index in [1.54, 1.807) is 0 Å². The monoisotopic (exact) mass is 682 g/mol. The number of nitrogens with one attached hydrogen (secondary N) is 1. The Morgan fingerprint density at radius 3 is 1.00 bits per heavy atom. The molecule has 0 radical (unpaired) electrons. The summed E-state index contributed by atoms with van der Waals surface area (Å²) in [6.45, 7) is 4.19. The molecule has 0 aliphatic rings. The highest BCUT2D eigenvalue weighted by atomic mass is 16.3. The molecule has 3 atom stereocenters. The van der Waals surface area contributed by atoms with Crippen molar-refractivity contribution in [1.82, 2.24) is 5.32 Å². The van der Waals surface area contributed by atoms with Crippen LogP contribution in [0.5, 0.6) is 0 Å². The van der Waals surface area contributed by atoms with Crippen LogP contribution in [0.1, 0.15) is 245 Å². The van der Waals surface area contributed by atoms with Gasteiger partial charge < -0.3 is 20.6 Å². The molecule has 0 bridgehead atoms. The lowest BCUT2D eigenvalue weighted by atomic mass is 9.99. The Morgan fingerprint density at radius 2 is 0.708 bits per heavy atom. The third kappa shape index (κ3) is 33.8. The molecule has 0 saturated carbocycles. The Labute approximate surface area is 300 Å². The third-order valence-corrected chi connectivity index (χ3v) is 10.5. The molecule has 0 spiro atoms. The lowest BCUT2D eigenvalue weighted by Gasteiger charge is -2.26. The number of carbonyl (C=O) groups is 1. The summed E-state index contributed by atoms with van der Waals surface area (Å²) in [4.78, 5) is 12.4. The predicted octanol–water partition coefficient (Wildman–Crippen LogP) is 12.3. The van der Waals surface area contributed by atoms with E-state index < -0.39 is 18.2 Å². The number of amides is 1. The number of rotatable bonds is 40. The minimum absolute atomic E-state index is 0.141. The third-order valence-electron chi connectivity index (χ3n) is 10.5. The van der Waals surface area contributed by atoms with Crippen molar-refractivity contribution in [2.24, 2.45) is 0 Å². The highest BCUT2D eigenvalue weighted by Crippen LogP contribution is 2.17. The Bertz CT molecular complexity index is 630. The van der Waals surface area contributed by atoms with Gasteiger partial charge in [0.15, 0.2) is 0 Å². The summed E-state index contributed by atoms with van der Waals surface area (Å²) in [5, 5.41) is 33.5. The van der Waals surface area contributed by atoms with Crippen molar-refractivity contribution in [2.45, 2.75) is 263 Å². The molecule has 48 heavy (non-hydrogen) atoms. The van der Waals surface area contributed by atoms with Crippen LogP contribution in [0.3, 0.4) is 0 Å². The van der Waals surface area contributed by atoms with Crippen LogP contribution in [-0.2, 0) is 4.79 Å². The largest absolute Gasteiger partial charge is 0.394 e. The second kappa shape index (κ2) is 39.1. The number of aliphatic hydroxyl groups is 3. The summed E-state index contributed by atoms with van der Waals surface area (Å²) in [6, 6.07) is -0.802. The molecule has 4 N–H and O–H groups in total. The molecule has 0 aromatic carbocycles. The average molecular weight is 682 g/mol. The number of hydrogen-bond acceptors (Lipinski definition) is 4.